The number of anilines is 3. The summed E-state index contributed by atoms with van der Waals surface area (Å²) in [6, 6.07) is 15.4. The maximum absolute atomic E-state index is 12.9. The van der Waals surface area contributed by atoms with E-state index in [0.29, 0.717) is 28.8 Å². The van der Waals surface area contributed by atoms with Gasteiger partial charge in [-0.1, -0.05) is 12.1 Å². The number of aromatic nitrogens is 4. The number of piperidine rings is 1. The summed E-state index contributed by atoms with van der Waals surface area (Å²) < 4.78 is 0. The Morgan fingerprint density at radius 2 is 1.83 bits per heavy atom. The lowest BCUT2D eigenvalue weighted by atomic mass is 9.90. The van der Waals surface area contributed by atoms with Crippen molar-refractivity contribution in [1.29, 1.82) is 0 Å². The Kier molecular flexibility index (Phi) is 6.72. The summed E-state index contributed by atoms with van der Waals surface area (Å²) in [6.45, 7) is 3.98. The first-order chi connectivity index (χ1) is 17.2. The Balaban J connectivity index is 1.28. The fraction of sp³-hybridized carbons (Fsp3) is 0.222. The maximum Gasteiger partial charge on any atom is 0.255 e. The average molecular weight is 466 g/mol. The molecule has 0 atom stereocenters. The number of carbonyl (C=O) groups is 1. The summed E-state index contributed by atoms with van der Waals surface area (Å²) in [6.07, 6.45) is 9.08. The molecule has 3 aromatic heterocycles. The minimum Gasteiger partial charge on any atom is -0.322 e. The highest BCUT2D eigenvalue weighted by atomic mass is 16.1. The smallest absolute Gasteiger partial charge is 0.255 e. The summed E-state index contributed by atoms with van der Waals surface area (Å²) >= 11 is 0. The van der Waals surface area contributed by atoms with Crippen LogP contribution in [0.25, 0.3) is 11.3 Å². The molecule has 4 aromatic rings. The minimum atomic E-state index is -0.173. The number of hydrogen-bond acceptors (Lipinski definition) is 7. The Morgan fingerprint density at radius 3 is 2.60 bits per heavy atom. The van der Waals surface area contributed by atoms with Crippen LogP contribution in [0.2, 0.25) is 0 Å². The summed E-state index contributed by atoms with van der Waals surface area (Å²) in [5, 5.41) is 9.56. The predicted molar refractivity (Wildman–Crippen MR) is 137 cm³/mol. The van der Waals surface area contributed by atoms with Crippen molar-refractivity contribution in [1.82, 2.24) is 25.3 Å². The number of aryl methyl sites for hydroxylation is 1. The molecule has 0 bridgehead atoms. The number of pyridine rings is 2. The normalized spacial score (nSPS) is 13.9. The van der Waals surface area contributed by atoms with Crippen LogP contribution in [0.1, 0.15) is 40.4 Å². The summed E-state index contributed by atoms with van der Waals surface area (Å²) in [7, 11) is 0. The second-order valence-corrected chi connectivity index (χ2v) is 8.59. The molecule has 176 valence electrons. The van der Waals surface area contributed by atoms with Gasteiger partial charge in [-0.2, -0.15) is 0 Å². The van der Waals surface area contributed by atoms with Crippen molar-refractivity contribution in [2.75, 3.05) is 23.7 Å². The zero-order valence-electron chi connectivity index (χ0n) is 19.5. The summed E-state index contributed by atoms with van der Waals surface area (Å²) in [5.41, 5.74) is 5.65. The van der Waals surface area contributed by atoms with Gasteiger partial charge in [0.2, 0.25) is 5.95 Å². The number of nitrogens with one attached hydrogen (secondary N) is 3. The van der Waals surface area contributed by atoms with Gasteiger partial charge in [0, 0.05) is 29.7 Å². The quantitative estimate of drug-likeness (QED) is 0.379. The number of nitrogens with zero attached hydrogens (tertiary/aromatic N) is 4. The van der Waals surface area contributed by atoms with E-state index in [9.17, 15) is 4.79 Å². The molecule has 3 N–H and O–H groups in total. The number of rotatable bonds is 6. The lowest BCUT2D eigenvalue weighted by molar-refractivity contribution is 0.102. The van der Waals surface area contributed by atoms with Gasteiger partial charge in [0.05, 0.1) is 29.0 Å². The molecule has 1 fully saturated rings. The van der Waals surface area contributed by atoms with E-state index >= 15 is 0 Å². The van der Waals surface area contributed by atoms with E-state index in [0.717, 1.165) is 42.9 Å². The second kappa shape index (κ2) is 10.4. The van der Waals surface area contributed by atoms with Crippen molar-refractivity contribution in [2.24, 2.45) is 0 Å². The summed E-state index contributed by atoms with van der Waals surface area (Å²) in [4.78, 5) is 30.3. The lowest BCUT2D eigenvalue weighted by Gasteiger charge is -2.23. The van der Waals surface area contributed by atoms with Crippen molar-refractivity contribution in [3.8, 4) is 11.3 Å². The molecule has 8 nitrogen and oxygen atoms in total. The molecule has 5 rings (SSSR count). The van der Waals surface area contributed by atoms with Crippen LogP contribution in [0.3, 0.4) is 0 Å². The molecule has 0 aliphatic carbocycles. The zero-order chi connectivity index (χ0) is 24.0. The molecular formula is C27H27N7O. The molecule has 1 amide bonds. The fourth-order valence-electron chi connectivity index (χ4n) is 4.21. The summed E-state index contributed by atoms with van der Waals surface area (Å²) in [5.74, 6) is 0.823. The van der Waals surface area contributed by atoms with Crippen LogP contribution in [0.5, 0.6) is 0 Å². The van der Waals surface area contributed by atoms with Gasteiger partial charge >= 0.3 is 0 Å². The first kappa shape index (κ1) is 22.6. The molecule has 0 saturated carbocycles. The van der Waals surface area contributed by atoms with Crippen molar-refractivity contribution in [3.63, 3.8) is 0 Å². The van der Waals surface area contributed by atoms with Gasteiger partial charge in [-0.15, -0.1) is 0 Å². The third-order valence-corrected chi connectivity index (χ3v) is 6.19. The fourth-order valence-corrected chi connectivity index (χ4v) is 4.21. The lowest BCUT2D eigenvalue weighted by Crippen LogP contribution is -2.26. The van der Waals surface area contributed by atoms with Gasteiger partial charge in [-0.25, -0.2) is 9.97 Å². The Hall–Kier alpha value is -4.17. The van der Waals surface area contributed by atoms with E-state index in [4.69, 9.17) is 0 Å². The third kappa shape index (κ3) is 5.50. The highest BCUT2D eigenvalue weighted by molar-refractivity contribution is 6.04. The highest BCUT2D eigenvalue weighted by Gasteiger charge is 2.16. The number of carbonyl (C=O) groups excluding carboxylic acids is 1. The number of hydrogen-bond donors (Lipinski definition) is 3. The molecule has 0 unspecified atom stereocenters. The molecular weight excluding hydrogens is 438 g/mol. The average Bonchev–Trinajstić information content (AvgIpc) is 2.92. The van der Waals surface area contributed by atoms with Gasteiger partial charge in [-0.3, -0.25) is 14.8 Å². The maximum atomic E-state index is 12.9. The van der Waals surface area contributed by atoms with Gasteiger partial charge in [0.15, 0.2) is 0 Å². The molecule has 0 spiro atoms. The van der Waals surface area contributed by atoms with Gasteiger partial charge in [0.1, 0.15) is 0 Å². The molecule has 1 aromatic carbocycles. The molecule has 4 heterocycles. The van der Waals surface area contributed by atoms with E-state index < -0.39 is 0 Å². The third-order valence-electron chi connectivity index (χ3n) is 6.19. The Bertz CT molecular complexity index is 1300. The largest absolute Gasteiger partial charge is 0.322 e. The van der Waals surface area contributed by atoms with Crippen LogP contribution in [0.4, 0.5) is 17.3 Å². The van der Waals surface area contributed by atoms with Gasteiger partial charge in [0.25, 0.3) is 5.91 Å². The molecule has 1 aliphatic heterocycles. The molecule has 1 aliphatic rings. The van der Waals surface area contributed by atoms with Crippen molar-refractivity contribution >= 4 is 23.2 Å². The van der Waals surface area contributed by atoms with Crippen LogP contribution in [-0.4, -0.2) is 38.9 Å². The van der Waals surface area contributed by atoms with Crippen molar-refractivity contribution in [2.45, 2.75) is 25.7 Å². The van der Waals surface area contributed by atoms with Crippen LogP contribution >= 0.6 is 0 Å². The van der Waals surface area contributed by atoms with Crippen LogP contribution < -0.4 is 16.0 Å². The van der Waals surface area contributed by atoms with Crippen LogP contribution in [-0.2, 0) is 0 Å². The minimum absolute atomic E-state index is 0.173. The molecule has 8 heteroatoms. The molecule has 1 saturated heterocycles. The standard InChI is InChI=1S/C27H27N7O/c1-18-25(34-27-30-14-10-24(33-27)22-3-2-11-29-16-22)15-23(17-31-18)32-26(35)21-6-4-19(5-7-21)20-8-12-28-13-9-20/h2-7,10-11,14-17,20,28H,8-9,12-13H2,1H3,(H,32,35)(H,30,33,34). The second-order valence-electron chi connectivity index (χ2n) is 8.59. The predicted octanol–water partition coefficient (Wildman–Crippen LogP) is 4.70. The van der Waals surface area contributed by atoms with E-state index in [2.05, 4.69) is 48.0 Å². The van der Waals surface area contributed by atoms with E-state index in [1.54, 1.807) is 24.8 Å². The Labute approximate surface area is 204 Å². The van der Waals surface area contributed by atoms with E-state index in [1.165, 1.54) is 5.56 Å². The van der Waals surface area contributed by atoms with Crippen molar-refractivity contribution < 1.29 is 4.79 Å². The van der Waals surface area contributed by atoms with Gasteiger partial charge in [-0.05, 0) is 80.7 Å². The Morgan fingerprint density at radius 1 is 1.00 bits per heavy atom. The van der Waals surface area contributed by atoms with Gasteiger partial charge < -0.3 is 16.0 Å². The zero-order valence-corrected chi connectivity index (χ0v) is 19.5. The monoisotopic (exact) mass is 465 g/mol. The van der Waals surface area contributed by atoms with Crippen LogP contribution in [0, 0.1) is 6.92 Å². The SMILES string of the molecule is Cc1ncc(NC(=O)c2ccc(C3CCNCC3)cc2)cc1Nc1nccc(-c2cccnc2)n1. The van der Waals surface area contributed by atoms with Crippen LogP contribution in [0.15, 0.2) is 73.3 Å². The van der Waals surface area contributed by atoms with E-state index in [-0.39, 0.29) is 5.91 Å². The number of benzene rings is 1. The highest BCUT2D eigenvalue weighted by Crippen LogP contribution is 2.26. The number of amides is 1. The molecule has 35 heavy (non-hydrogen) atoms. The topological polar surface area (TPSA) is 105 Å². The van der Waals surface area contributed by atoms with E-state index in [1.807, 2.05) is 43.3 Å². The first-order valence-electron chi connectivity index (χ1n) is 11.7. The molecule has 0 radical (unpaired) electrons. The van der Waals surface area contributed by atoms with Crippen molar-refractivity contribution in [3.05, 3.63) is 90.1 Å². The first-order valence-corrected chi connectivity index (χ1v) is 11.7.